The molecule has 0 aromatic heterocycles. The van der Waals surface area contributed by atoms with Gasteiger partial charge in [0.1, 0.15) is 41.3 Å². The average Bonchev–Trinajstić information content (AvgIpc) is 2.96. The molecule has 13 heteroatoms. The van der Waals surface area contributed by atoms with Crippen LogP contribution in [-0.4, -0.2) is 116 Å². The van der Waals surface area contributed by atoms with Crippen LogP contribution < -0.4 is 10.5 Å². The van der Waals surface area contributed by atoms with Crippen molar-refractivity contribution in [3.63, 3.8) is 0 Å². The number of hydrogen-bond acceptors (Lipinski definition) is 12. The summed E-state index contributed by atoms with van der Waals surface area (Å²) in [6.07, 6.45) is -0.167. The molecule has 3 aliphatic carbocycles. The quantitative estimate of drug-likeness (QED) is 0.194. The SMILES string of the molecule is CN(C)[C@@H]1C(=O)C(C(N)=O)=C(O)[C@@]2(O)C(=O)C3=C(O)c4c(c(OCC(O)CO)c5ccc(CN6CCC6)cc5c4O)C[C@H]3C[C@@H]12. The van der Waals surface area contributed by atoms with E-state index in [9.17, 15) is 45.0 Å². The van der Waals surface area contributed by atoms with Gasteiger partial charge in [0.05, 0.1) is 18.2 Å². The summed E-state index contributed by atoms with van der Waals surface area (Å²) in [6, 6.07) is 4.24. The van der Waals surface area contributed by atoms with E-state index in [2.05, 4.69) is 4.90 Å². The smallest absolute Gasteiger partial charge is 0.255 e. The molecule has 240 valence electrons. The van der Waals surface area contributed by atoms with Crippen molar-refractivity contribution in [3.05, 3.63) is 51.8 Å². The van der Waals surface area contributed by atoms with Gasteiger partial charge in [-0.25, -0.2) is 0 Å². The number of likely N-dealkylation sites (tertiary alicyclic amines) is 1. The van der Waals surface area contributed by atoms with Crippen LogP contribution in [0.2, 0.25) is 0 Å². The predicted octanol–water partition coefficient (Wildman–Crippen LogP) is 0.0549. The number of carbonyl (C=O) groups is 3. The Morgan fingerprint density at radius 1 is 1.18 bits per heavy atom. The highest BCUT2D eigenvalue weighted by Gasteiger charge is 2.64. The second-order valence-corrected chi connectivity index (χ2v) is 12.6. The number of amides is 1. The zero-order chi connectivity index (χ0) is 32.5. The maximum absolute atomic E-state index is 14.2. The molecule has 0 spiro atoms. The van der Waals surface area contributed by atoms with Crippen molar-refractivity contribution in [3.8, 4) is 11.5 Å². The van der Waals surface area contributed by atoms with Crippen molar-refractivity contribution >= 4 is 34.0 Å². The van der Waals surface area contributed by atoms with Crippen molar-refractivity contribution in [1.82, 2.24) is 9.80 Å². The van der Waals surface area contributed by atoms with Gasteiger partial charge in [0.2, 0.25) is 5.78 Å². The summed E-state index contributed by atoms with van der Waals surface area (Å²) in [6.45, 7) is 1.66. The first-order valence-electron chi connectivity index (χ1n) is 14.9. The molecule has 45 heavy (non-hydrogen) atoms. The summed E-state index contributed by atoms with van der Waals surface area (Å²) in [5.41, 5.74) is 2.64. The maximum Gasteiger partial charge on any atom is 0.255 e. The summed E-state index contributed by atoms with van der Waals surface area (Å²) >= 11 is 0. The minimum Gasteiger partial charge on any atom is -0.508 e. The van der Waals surface area contributed by atoms with E-state index in [1.54, 1.807) is 12.1 Å². The fourth-order valence-electron chi connectivity index (χ4n) is 7.41. The lowest BCUT2D eigenvalue weighted by Gasteiger charge is -2.50. The van der Waals surface area contributed by atoms with Crippen LogP contribution in [0, 0.1) is 11.8 Å². The van der Waals surface area contributed by atoms with E-state index in [0.717, 1.165) is 25.1 Å². The molecule has 0 radical (unpaired) electrons. The van der Waals surface area contributed by atoms with E-state index >= 15 is 0 Å². The lowest BCUT2D eigenvalue weighted by Crippen LogP contribution is -2.65. The van der Waals surface area contributed by atoms with Crippen LogP contribution in [0.4, 0.5) is 0 Å². The molecule has 1 unspecified atom stereocenters. The monoisotopic (exact) mass is 623 g/mol. The highest BCUT2D eigenvalue weighted by molar-refractivity contribution is 6.24. The average molecular weight is 624 g/mol. The molecule has 1 aliphatic heterocycles. The number of ether oxygens (including phenoxy) is 1. The Kier molecular flexibility index (Phi) is 7.65. The molecule has 2 fully saturated rings. The number of Topliss-reactive ketones (excluding diaryl/α,β-unsaturated/α-hetero) is 2. The Morgan fingerprint density at radius 3 is 2.49 bits per heavy atom. The van der Waals surface area contributed by atoms with E-state index in [4.69, 9.17) is 10.5 Å². The van der Waals surface area contributed by atoms with E-state index in [0.29, 0.717) is 22.9 Å². The second kappa shape index (κ2) is 11.1. The molecule has 6 rings (SSSR count). The van der Waals surface area contributed by atoms with Gasteiger partial charge in [-0.1, -0.05) is 12.1 Å². The van der Waals surface area contributed by atoms with Gasteiger partial charge in [-0.2, -0.15) is 0 Å². The van der Waals surface area contributed by atoms with Crippen molar-refractivity contribution in [2.45, 2.75) is 43.6 Å². The lowest BCUT2D eigenvalue weighted by atomic mass is 9.57. The molecule has 2 aromatic rings. The standard InChI is InChI=1S/C32H37N3O10/c1-34(2)24-20-10-15-9-19-22(26(39)21(15)29(41)32(20,44)30(42)23(27(24)40)31(33)43)25(38)18-8-14(11-35-6-3-7-35)4-5-17(18)28(19)45-13-16(37)12-36/h4-5,8,15-16,20,24,36-39,42,44H,3,6-7,9-13H2,1-2H3,(H2,33,43)/t15-,16?,20-,24-,32-/m0/s1. The van der Waals surface area contributed by atoms with Gasteiger partial charge in [0, 0.05) is 34.4 Å². The van der Waals surface area contributed by atoms with Crippen LogP contribution in [0.1, 0.15) is 29.5 Å². The van der Waals surface area contributed by atoms with Crippen molar-refractivity contribution in [2.24, 2.45) is 17.6 Å². The van der Waals surface area contributed by atoms with E-state index < -0.39 is 70.8 Å². The van der Waals surface area contributed by atoms with Gasteiger partial charge in [0.15, 0.2) is 11.4 Å². The predicted molar refractivity (Wildman–Crippen MR) is 160 cm³/mol. The molecule has 1 saturated heterocycles. The van der Waals surface area contributed by atoms with Gasteiger partial charge in [-0.05, 0) is 64.0 Å². The van der Waals surface area contributed by atoms with Crippen LogP contribution in [0.15, 0.2) is 35.1 Å². The highest BCUT2D eigenvalue weighted by atomic mass is 16.5. The molecule has 2 aromatic carbocycles. The molecule has 8 N–H and O–H groups in total. The number of carbonyl (C=O) groups excluding carboxylic acids is 3. The number of phenols is 1. The third-order valence-corrected chi connectivity index (χ3v) is 9.70. The number of aliphatic hydroxyl groups is 5. The number of phenolic OH excluding ortho intramolecular Hbond substituents is 1. The number of nitrogens with two attached hydrogens (primary N) is 1. The second-order valence-electron chi connectivity index (χ2n) is 12.6. The maximum atomic E-state index is 14.2. The van der Waals surface area contributed by atoms with E-state index in [1.807, 2.05) is 6.07 Å². The number of aliphatic hydroxyl groups excluding tert-OH is 4. The first kappa shape index (κ1) is 31.0. The molecule has 4 aliphatic rings. The van der Waals surface area contributed by atoms with Crippen LogP contribution in [0.5, 0.6) is 11.5 Å². The Labute approximate surface area is 258 Å². The van der Waals surface area contributed by atoms with Crippen LogP contribution >= 0.6 is 0 Å². The van der Waals surface area contributed by atoms with Crippen molar-refractivity contribution in [2.75, 3.05) is 40.4 Å². The largest absolute Gasteiger partial charge is 0.508 e. The van der Waals surface area contributed by atoms with E-state index in [-0.39, 0.29) is 42.1 Å². The number of aromatic hydroxyl groups is 1. The van der Waals surface area contributed by atoms with Gasteiger partial charge in [-0.15, -0.1) is 0 Å². The van der Waals surface area contributed by atoms with Gasteiger partial charge in [-0.3, -0.25) is 24.2 Å². The molecular weight excluding hydrogens is 586 g/mol. The Bertz CT molecular complexity index is 1690. The fourth-order valence-corrected chi connectivity index (χ4v) is 7.41. The van der Waals surface area contributed by atoms with Crippen LogP contribution in [0.3, 0.4) is 0 Å². The first-order chi connectivity index (χ1) is 21.3. The Hall–Kier alpha value is -4.01. The molecule has 1 heterocycles. The number of hydrogen-bond donors (Lipinski definition) is 7. The summed E-state index contributed by atoms with van der Waals surface area (Å²) in [7, 11) is 3.07. The number of nitrogens with zero attached hydrogens (tertiary/aromatic N) is 2. The Balaban J connectivity index is 1.56. The normalized spacial score (nSPS) is 27.3. The number of primary amides is 1. The Morgan fingerprint density at radius 2 is 1.89 bits per heavy atom. The van der Waals surface area contributed by atoms with Crippen molar-refractivity contribution in [1.29, 1.82) is 0 Å². The number of likely N-dealkylation sites (N-methyl/N-ethyl adjacent to an activating group) is 1. The number of benzene rings is 2. The molecule has 1 saturated carbocycles. The van der Waals surface area contributed by atoms with E-state index in [1.165, 1.54) is 19.0 Å². The van der Waals surface area contributed by atoms with Gasteiger partial charge in [0.25, 0.3) is 5.91 Å². The number of ketones is 2. The van der Waals surface area contributed by atoms with Gasteiger partial charge < -0.3 is 41.1 Å². The highest BCUT2D eigenvalue weighted by Crippen LogP contribution is 2.55. The molecule has 5 atom stereocenters. The van der Waals surface area contributed by atoms with Gasteiger partial charge >= 0.3 is 0 Å². The minimum absolute atomic E-state index is 0.0259. The third-order valence-electron chi connectivity index (χ3n) is 9.70. The van der Waals surface area contributed by atoms with Crippen molar-refractivity contribution < 1.29 is 49.8 Å². The third kappa shape index (κ3) is 4.60. The van der Waals surface area contributed by atoms with Crippen LogP contribution in [-0.2, 0) is 27.3 Å². The number of fused-ring (bicyclic) bond motifs is 4. The zero-order valence-electron chi connectivity index (χ0n) is 25.0. The molecule has 0 bridgehead atoms. The zero-order valence-corrected chi connectivity index (χ0v) is 25.0. The lowest BCUT2D eigenvalue weighted by molar-refractivity contribution is -0.153. The number of rotatable bonds is 8. The van der Waals surface area contributed by atoms with Crippen LogP contribution in [0.25, 0.3) is 16.5 Å². The first-order valence-corrected chi connectivity index (χ1v) is 14.9. The summed E-state index contributed by atoms with van der Waals surface area (Å²) in [4.78, 5) is 43.4. The fraction of sp³-hybridized carbons (Fsp3) is 0.469. The minimum atomic E-state index is -2.74. The summed E-state index contributed by atoms with van der Waals surface area (Å²) in [5, 5.41) is 66.6. The summed E-state index contributed by atoms with van der Waals surface area (Å²) < 4.78 is 6.03. The molecule has 13 nitrogen and oxygen atoms in total. The topological polar surface area (TPSA) is 214 Å². The molecule has 1 amide bonds. The molecular formula is C32H37N3O10. The summed E-state index contributed by atoms with van der Waals surface area (Å²) in [5.74, 6) is -7.12.